The van der Waals surface area contributed by atoms with Crippen LogP contribution >= 0.6 is 15.9 Å². The van der Waals surface area contributed by atoms with Crippen molar-refractivity contribution < 1.29 is 19.0 Å². The molecular weight excluding hydrogens is 402 g/mol. The minimum Gasteiger partial charge on any atom is -0.493 e. The van der Waals surface area contributed by atoms with E-state index >= 15 is 0 Å². The summed E-state index contributed by atoms with van der Waals surface area (Å²) in [6, 6.07) is 5.24. The van der Waals surface area contributed by atoms with Crippen molar-refractivity contribution in [3.05, 3.63) is 46.3 Å². The zero-order chi connectivity index (χ0) is 18.8. The van der Waals surface area contributed by atoms with Crippen LogP contribution in [-0.4, -0.2) is 36.6 Å². The number of rotatable bonds is 5. The van der Waals surface area contributed by atoms with Crippen LogP contribution in [0.25, 0.3) is 5.65 Å². The lowest BCUT2D eigenvalue weighted by Gasteiger charge is -2.16. The van der Waals surface area contributed by atoms with E-state index < -0.39 is 0 Å². The van der Waals surface area contributed by atoms with Crippen LogP contribution in [0, 0.1) is 6.92 Å². The summed E-state index contributed by atoms with van der Waals surface area (Å²) in [7, 11) is 4.51. The quantitative estimate of drug-likeness (QED) is 0.682. The number of methoxy groups -OCH3 is 3. The van der Waals surface area contributed by atoms with Crippen LogP contribution in [0.2, 0.25) is 0 Å². The van der Waals surface area contributed by atoms with E-state index in [1.807, 2.05) is 23.6 Å². The molecule has 0 saturated heterocycles. The molecule has 0 aliphatic rings. The summed E-state index contributed by atoms with van der Waals surface area (Å²) in [5, 5.41) is 2.87. The molecule has 7 nitrogen and oxygen atoms in total. The second-order valence-corrected chi connectivity index (χ2v) is 6.32. The molecule has 26 heavy (non-hydrogen) atoms. The molecule has 3 aromatic rings. The topological polar surface area (TPSA) is 74.1 Å². The fourth-order valence-corrected chi connectivity index (χ4v) is 3.31. The number of hydrogen-bond donors (Lipinski definition) is 1. The van der Waals surface area contributed by atoms with Gasteiger partial charge in [-0.25, -0.2) is 4.98 Å². The number of hydrogen-bond acceptors (Lipinski definition) is 5. The van der Waals surface area contributed by atoms with Gasteiger partial charge in [-0.05, 0) is 41.1 Å². The molecule has 0 atom stereocenters. The summed E-state index contributed by atoms with van der Waals surface area (Å²) in [5.41, 5.74) is 2.72. The predicted octanol–water partition coefficient (Wildman–Crippen LogP) is 3.68. The average molecular weight is 420 g/mol. The van der Waals surface area contributed by atoms with Gasteiger partial charge in [-0.1, -0.05) is 0 Å². The minimum absolute atomic E-state index is 0.313. The van der Waals surface area contributed by atoms with Crippen LogP contribution in [0.15, 0.2) is 35.1 Å². The number of benzene rings is 1. The zero-order valence-electron chi connectivity index (χ0n) is 14.8. The number of anilines is 1. The maximum absolute atomic E-state index is 12.8. The number of ether oxygens (including phenoxy) is 3. The fraction of sp³-hybridized carbons (Fsp3) is 0.222. The lowest BCUT2D eigenvalue weighted by Crippen LogP contribution is -2.14. The molecule has 8 heteroatoms. The van der Waals surface area contributed by atoms with E-state index in [0.717, 1.165) is 11.3 Å². The van der Waals surface area contributed by atoms with Crippen molar-refractivity contribution in [2.75, 3.05) is 26.6 Å². The van der Waals surface area contributed by atoms with Gasteiger partial charge < -0.3 is 23.9 Å². The molecule has 0 unspecified atom stereocenters. The molecular formula is C18H18BrN3O4. The number of imidazole rings is 1. The van der Waals surface area contributed by atoms with Crippen molar-refractivity contribution >= 4 is 33.2 Å². The van der Waals surface area contributed by atoms with Crippen molar-refractivity contribution in [1.82, 2.24) is 9.38 Å². The van der Waals surface area contributed by atoms with Gasteiger partial charge in [0.15, 0.2) is 11.5 Å². The first-order valence-corrected chi connectivity index (χ1v) is 8.53. The van der Waals surface area contributed by atoms with Crippen molar-refractivity contribution in [1.29, 1.82) is 0 Å². The molecule has 0 aliphatic heterocycles. The van der Waals surface area contributed by atoms with Gasteiger partial charge >= 0.3 is 0 Å². The van der Waals surface area contributed by atoms with Crippen LogP contribution < -0.4 is 19.5 Å². The lowest BCUT2D eigenvalue weighted by atomic mass is 10.1. The van der Waals surface area contributed by atoms with E-state index in [9.17, 15) is 4.79 Å². The Balaban J connectivity index is 1.98. The number of aryl methyl sites for hydroxylation is 1. The highest BCUT2D eigenvalue weighted by Crippen LogP contribution is 2.44. The van der Waals surface area contributed by atoms with Crippen molar-refractivity contribution in [3.63, 3.8) is 0 Å². The number of carbonyl (C=O) groups is 1. The Kier molecular flexibility index (Phi) is 5.03. The molecule has 2 aromatic heterocycles. The number of pyridine rings is 1. The highest BCUT2D eigenvalue weighted by atomic mass is 79.9. The van der Waals surface area contributed by atoms with Crippen LogP contribution in [0.4, 0.5) is 5.69 Å². The largest absolute Gasteiger partial charge is 0.493 e. The molecule has 2 heterocycles. The van der Waals surface area contributed by atoms with Crippen molar-refractivity contribution in [2.24, 2.45) is 0 Å². The Hall–Kier alpha value is -2.74. The number of amides is 1. The normalized spacial score (nSPS) is 10.7. The monoisotopic (exact) mass is 419 g/mol. The first-order chi connectivity index (χ1) is 12.5. The Labute approximate surface area is 159 Å². The van der Waals surface area contributed by atoms with Gasteiger partial charge in [-0.15, -0.1) is 0 Å². The maximum atomic E-state index is 12.8. The van der Waals surface area contributed by atoms with Crippen LogP contribution in [-0.2, 0) is 0 Å². The molecule has 1 amide bonds. The highest BCUT2D eigenvalue weighted by Gasteiger charge is 2.23. The third-order valence-corrected chi connectivity index (χ3v) is 4.63. The van der Waals surface area contributed by atoms with E-state index in [-0.39, 0.29) is 5.91 Å². The smallest absolute Gasteiger partial charge is 0.257 e. The van der Waals surface area contributed by atoms with E-state index in [0.29, 0.717) is 33.0 Å². The molecule has 0 bridgehead atoms. The third-order valence-electron chi connectivity index (χ3n) is 3.84. The van der Waals surface area contributed by atoms with Crippen LogP contribution in [0.5, 0.6) is 17.2 Å². The Morgan fingerprint density at radius 1 is 1.12 bits per heavy atom. The average Bonchev–Trinajstić information content (AvgIpc) is 3.00. The van der Waals surface area contributed by atoms with E-state index in [4.69, 9.17) is 14.2 Å². The predicted molar refractivity (Wildman–Crippen MR) is 102 cm³/mol. The molecule has 0 radical (unpaired) electrons. The van der Waals surface area contributed by atoms with E-state index in [1.54, 1.807) is 18.3 Å². The first kappa shape index (κ1) is 18.1. The Morgan fingerprint density at radius 3 is 2.50 bits per heavy atom. The zero-order valence-corrected chi connectivity index (χ0v) is 16.4. The molecule has 136 valence electrons. The van der Waals surface area contributed by atoms with Gasteiger partial charge in [0, 0.05) is 12.4 Å². The molecule has 3 rings (SSSR count). The lowest BCUT2D eigenvalue weighted by molar-refractivity contribution is 0.102. The first-order valence-electron chi connectivity index (χ1n) is 7.73. The molecule has 0 saturated carbocycles. The second kappa shape index (κ2) is 7.25. The van der Waals surface area contributed by atoms with Crippen LogP contribution in [0.1, 0.15) is 16.1 Å². The Bertz CT molecular complexity index is 984. The number of nitrogens with zero attached hydrogens (tertiary/aromatic N) is 2. The van der Waals surface area contributed by atoms with Gasteiger partial charge in [0.2, 0.25) is 5.75 Å². The van der Waals surface area contributed by atoms with Crippen molar-refractivity contribution in [2.45, 2.75) is 6.92 Å². The number of nitrogens with one attached hydrogen (secondary N) is 1. The van der Waals surface area contributed by atoms with Gasteiger partial charge in [0.25, 0.3) is 5.91 Å². The summed E-state index contributed by atoms with van der Waals surface area (Å²) in [4.78, 5) is 17.2. The minimum atomic E-state index is -0.313. The molecule has 1 aromatic carbocycles. The SMILES string of the molecule is COc1cc(C(=O)Nc2ccc3nc(C)cn3c2)c(Br)c(OC)c1OC. The van der Waals surface area contributed by atoms with E-state index in [2.05, 4.69) is 26.2 Å². The molecule has 0 spiro atoms. The van der Waals surface area contributed by atoms with Gasteiger partial charge in [0.05, 0.1) is 42.7 Å². The molecule has 0 aliphatic carbocycles. The van der Waals surface area contributed by atoms with Crippen LogP contribution in [0.3, 0.4) is 0 Å². The Morgan fingerprint density at radius 2 is 1.85 bits per heavy atom. The highest BCUT2D eigenvalue weighted by molar-refractivity contribution is 9.10. The summed E-state index contributed by atoms with van der Waals surface area (Å²) in [6.45, 7) is 1.91. The van der Waals surface area contributed by atoms with Gasteiger partial charge in [-0.2, -0.15) is 0 Å². The fourth-order valence-electron chi connectivity index (χ4n) is 2.68. The summed E-state index contributed by atoms with van der Waals surface area (Å²) >= 11 is 3.42. The summed E-state index contributed by atoms with van der Waals surface area (Å²) in [6.07, 6.45) is 3.69. The standard InChI is InChI=1S/C18H18BrN3O4/c1-10-8-22-9-11(5-6-14(22)20-10)21-18(23)12-7-13(24-2)16(25-3)17(26-4)15(12)19/h5-9H,1-4H3,(H,21,23). The summed E-state index contributed by atoms with van der Waals surface area (Å²) < 4.78 is 18.3. The number of halogens is 1. The van der Waals surface area contributed by atoms with Crippen molar-refractivity contribution in [3.8, 4) is 17.2 Å². The number of aromatic nitrogens is 2. The maximum Gasteiger partial charge on any atom is 0.257 e. The number of fused-ring (bicyclic) bond motifs is 1. The summed E-state index contributed by atoms with van der Waals surface area (Å²) in [5.74, 6) is 0.886. The van der Waals surface area contributed by atoms with Gasteiger partial charge in [-0.3, -0.25) is 4.79 Å². The third kappa shape index (κ3) is 3.20. The second-order valence-electron chi connectivity index (χ2n) is 5.53. The van der Waals surface area contributed by atoms with E-state index in [1.165, 1.54) is 21.3 Å². The molecule has 1 N–H and O–H groups in total. The number of carbonyl (C=O) groups excluding carboxylic acids is 1. The van der Waals surface area contributed by atoms with Gasteiger partial charge in [0.1, 0.15) is 5.65 Å². The molecule has 0 fully saturated rings.